The average Bonchev–Trinajstić information content (AvgIpc) is 2.71. The number of amides is 1. The first-order chi connectivity index (χ1) is 13.0. The summed E-state index contributed by atoms with van der Waals surface area (Å²) in [5.41, 5.74) is 2.82. The second kappa shape index (κ2) is 10.6. The maximum absolute atomic E-state index is 11.9. The largest absolute Gasteiger partial charge is 0.452 e. The molecule has 0 bridgehead atoms. The van der Waals surface area contributed by atoms with Gasteiger partial charge in [-0.05, 0) is 60.1 Å². The van der Waals surface area contributed by atoms with Crippen LogP contribution in [0.15, 0.2) is 59.5 Å². The Bertz CT molecular complexity index is 782. The molecule has 5 heteroatoms. The minimum Gasteiger partial charge on any atom is -0.452 e. The van der Waals surface area contributed by atoms with E-state index in [2.05, 4.69) is 19.2 Å². The van der Waals surface area contributed by atoms with Gasteiger partial charge in [0.25, 0.3) is 5.91 Å². The Labute approximate surface area is 165 Å². The van der Waals surface area contributed by atoms with Crippen molar-refractivity contribution in [1.82, 2.24) is 0 Å². The molecule has 1 N–H and O–H groups in total. The molecule has 142 valence electrons. The van der Waals surface area contributed by atoms with Crippen molar-refractivity contribution in [1.29, 1.82) is 0 Å². The fraction of sp³-hybridized carbons (Fsp3) is 0.273. The molecule has 1 amide bonds. The van der Waals surface area contributed by atoms with Gasteiger partial charge in [0.2, 0.25) is 0 Å². The lowest BCUT2D eigenvalue weighted by Gasteiger charge is -2.10. The number of anilines is 1. The zero-order valence-electron chi connectivity index (χ0n) is 15.9. The zero-order chi connectivity index (χ0) is 19.6. The molecule has 0 fully saturated rings. The maximum atomic E-state index is 11.9. The van der Waals surface area contributed by atoms with Crippen LogP contribution in [-0.4, -0.2) is 24.7 Å². The summed E-state index contributed by atoms with van der Waals surface area (Å²) in [7, 11) is 0. The molecule has 0 radical (unpaired) electrons. The normalized spacial score (nSPS) is 12.0. The molecule has 0 aliphatic rings. The molecule has 27 heavy (non-hydrogen) atoms. The van der Waals surface area contributed by atoms with Crippen molar-refractivity contribution in [3.05, 3.63) is 65.7 Å². The van der Waals surface area contributed by atoms with E-state index in [1.54, 1.807) is 17.8 Å². The van der Waals surface area contributed by atoms with Gasteiger partial charge in [-0.1, -0.05) is 38.1 Å². The summed E-state index contributed by atoms with van der Waals surface area (Å²) in [6.07, 6.45) is 6.06. The third-order valence-electron chi connectivity index (χ3n) is 4.25. The van der Waals surface area contributed by atoms with Gasteiger partial charge < -0.3 is 10.1 Å². The summed E-state index contributed by atoms with van der Waals surface area (Å²) in [6, 6.07) is 15.5. The Morgan fingerprint density at radius 3 is 2.37 bits per heavy atom. The second-order valence-corrected chi connectivity index (χ2v) is 7.07. The van der Waals surface area contributed by atoms with E-state index in [1.807, 2.05) is 54.8 Å². The Morgan fingerprint density at radius 1 is 1.11 bits per heavy atom. The Morgan fingerprint density at radius 2 is 1.78 bits per heavy atom. The van der Waals surface area contributed by atoms with Gasteiger partial charge in [0, 0.05) is 16.7 Å². The van der Waals surface area contributed by atoms with Gasteiger partial charge in [-0.25, -0.2) is 4.79 Å². The highest BCUT2D eigenvalue weighted by Crippen LogP contribution is 2.20. The molecule has 2 aromatic rings. The van der Waals surface area contributed by atoms with Crippen molar-refractivity contribution < 1.29 is 14.3 Å². The van der Waals surface area contributed by atoms with Gasteiger partial charge in [0.15, 0.2) is 6.61 Å². The van der Waals surface area contributed by atoms with E-state index in [0.29, 0.717) is 11.6 Å². The minimum atomic E-state index is -0.550. The molecule has 0 spiro atoms. The van der Waals surface area contributed by atoms with Crippen LogP contribution in [0.3, 0.4) is 0 Å². The van der Waals surface area contributed by atoms with Crippen molar-refractivity contribution in [2.24, 2.45) is 0 Å². The summed E-state index contributed by atoms with van der Waals surface area (Å²) in [6.45, 7) is 3.99. The van der Waals surface area contributed by atoms with Crippen molar-refractivity contribution in [3.63, 3.8) is 0 Å². The molecule has 1 atom stereocenters. The highest BCUT2D eigenvalue weighted by atomic mass is 32.2. The fourth-order valence-electron chi connectivity index (χ4n) is 2.39. The lowest BCUT2D eigenvalue weighted by Crippen LogP contribution is -2.20. The zero-order valence-corrected chi connectivity index (χ0v) is 16.7. The molecular formula is C22H25NO3S. The number of rotatable bonds is 8. The third-order valence-corrected chi connectivity index (χ3v) is 4.99. The standard InChI is InChI=1S/C22H25NO3S/c1-4-16(2)18-8-10-19(11-9-18)23-21(24)15-26-22(25)14-7-17-5-12-20(27-3)13-6-17/h5-14,16H,4,15H2,1-3H3,(H,23,24)/b14-7+. The van der Waals surface area contributed by atoms with E-state index < -0.39 is 5.97 Å². The number of ether oxygens (including phenoxy) is 1. The molecule has 2 rings (SSSR count). The summed E-state index contributed by atoms with van der Waals surface area (Å²) in [5, 5.41) is 2.73. The molecular weight excluding hydrogens is 358 g/mol. The van der Waals surface area contributed by atoms with E-state index in [1.165, 1.54) is 11.6 Å². The Kier molecular flexibility index (Phi) is 8.14. The Hall–Kier alpha value is -2.53. The summed E-state index contributed by atoms with van der Waals surface area (Å²) >= 11 is 1.66. The number of thioether (sulfide) groups is 1. The van der Waals surface area contributed by atoms with E-state index in [-0.39, 0.29) is 12.5 Å². The monoisotopic (exact) mass is 383 g/mol. The SMILES string of the molecule is CCC(C)c1ccc(NC(=O)COC(=O)/C=C/c2ccc(SC)cc2)cc1. The summed E-state index contributed by atoms with van der Waals surface area (Å²) < 4.78 is 4.98. The Balaban J connectivity index is 1.78. The molecule has 4 nitrogen and oxygen atoms in total. The molecule has 2 aromatic carbocycles. The minimum absolute atomic E-state index is 0.318. The highest BCUT2D eigenvalue weighted by Gasteiger charge is 2.07. The van der Waals surface area contributed by atoms with Crippen LogP contribution in [0.1, 0.15) is 37.3 Å². The van der Waals surface area contributed by atoms with Crippen LogP contribution in [-0.2, 0) is 14.3 Å². The summed E-state index contributed by atoms with van der Waals surface area (Å²) in [4.78, 5) is 24.8. The van der Waals surface area contributed by atoms with Crippen LogP contribution in [0.4, 0.5) is 5.69 Å². The summed E-state index contributed by atoms with van der Waals surface area (Å²) in [5.74, 6) is -0.428. The van der Waals surface area contributed by atoms with Gasteiger partial charge >= 0.3 is 5.97 Å². The van der Waals surface area contributed by atoms with Crippen molar-refractivity contribution >= 4 is 35.4 Å². The number of benzene rings is 2. The smallest absolute Gasteiger partial charge is 0.331 e. The molecule has 0 aliphatic heterocycles. The molecule has 0 aliphatic carbocycles. The van der Waals surface area contributed by atoms with Crippen LogP contribution < -0.4 is 5.32 Å². The van der Waals surface area contributed by atoms with Crippen molar-refractivity contribution in [2.45, 2.75) is 31.1 Å². The number of carbonyl (C=O) groups is 2. The van der Waals surface area contributed by atoms with E-state index >= 15 is 0 Å². The fourth-order valence-corrected chi connectivity index (χ4v) is 2.80. The number of hydrogen-bond donors (Lipinski definition) is 1. The number of carbonyl (C=O) groups excluding carboxylic acids is 2. The van der Waals surface area contributed by atoms with Crippen LogP contribution in [0.25, 0.3) is 6.08 Å². The second-order valence-electron chi connectivity index (χ2n) is 6.19. The highest BCUT2D eigenvalue weighted by molar-refractivity contribution is 7.98. The quantitative estimate of drug-likeness (QED) is 0.391. The first kappa shape index (κ1) is 20.8. The van der Waals surface area contributed by atoms with E-state index in [4.69, 9.17) is 4.74 Å². The van der Waals surface area contributed by atoms with Crippen molar-refractivity contribution in [3.8, 4) is 0 Å². The van der Waals surface area contributed by atoms with Gasteiger partial charge in [-0.15, -0.1) is 11.8 Å². The maximum Gasteiger partial charge on any atom is 0.331 e. The number of nitrogens with one attached hydrogen (secondary N) is 1. The van der Waals surface area contributed by atoms with Crippen LogP contribution in [0, 0.1) is 0 Å². The third kappa shape index (κ3) is 6.94. The topological polar surface area (TPSA) is 55.4 Å². The molecule has 1 unspecified atom stereocenters. The number of esters is 1. The molecule has 0 saturated carbocycles. The van der Waals surface area contributed by atoms with Crippen molar-refractivity contribution in [2.75, 3.05) is 18.2 Å². The van der Waals surface area contributed by atoms with Gasteiger partial charge in [0.05, 0.1) is 0 Å². The lowest BCUT2D eigenvalue weighted by molar-refractivity contribution is -0.142. The first-order valence-electron chi connectivity index (χ1n) is 8.90. The van der Waals surface area contributed by atoms with Gasteiger partial charge in [-0.2, -0.15) is 0 Å². The van der Waals surface area contributed by atoms with Crippen LogP contribution >= 0.6 is 11.8 Å². The predicted molar refractivity (Wildman–Crippen MR) is 112 cm³/mol. The van der Waals surface area contributed by atoms with E-state index in [0.717, 1.165) is 16.9 Å². The van der Waals surface area contributed by atoms with E-state index in [9.17, 15) is 9.59 Å². The average molecular weight is 384 g/mol. The van der Waals surface area contributed by atoms with Crippen LogP contribution in [0.2, 0.25) is 0 Å². The molecule has 0 aromatic heterocycles. The first-order valence-corrected chi connectivity index (χ1v) is 10.1. The van der Waals surface area contributed by atoms with Gasteiger partial charge in [-0.3, -0.25) is 4.79 Å². The van der Waals surface area contributed by atoms with Gasteiger partial charge in [0.1, 0.15) is 0 Å². The van der Waals surface area contributed by atoms with Crippen LogP contribution in [0.5, 0.6) is 0 Å². The number of hydrogen-bond acceptors (Lipinski definition) is 4. The molecule has 0 saturated heterocycles. The molecule has 0 heterocycles. The lowest BCUT2D eigenvalue weighted by atomic mass is 9.99. The predicted octanol–water partition coefficient (Wildman–Crippen LogP) is 5.12.